The van der Waals surface area contributed by atoms with E-state index in [4.69, 9.17) is 0 Å². The smallest absolute Gasteiger partial charge is 0.234 e. The van der Waals surface area contributed by atoms with E-state index >= 15 is 0 Å². The van der Waals surface area contributed by atoms with E-state index in [1.165, 1.54) is 10.4 Å². The van der Waals surface area contributed by atoms with Crippen LogP contribution in [0.15, 0.2) is 11.4 Å². The lowest BCUT2D eigenvalue weighted by atomic mass is 10.1. The van der Waals surface area contributed by atoms with E-state index in [0.29, 0.717) is 12.6 Å². The van der Waals surface area contributed by atoms with Crippen LogP contribution in [0, 0.1) is 0 Å². The maximum Gasteiger partial charge on any atom is 0.234 e. The maximum absolute atomic E-state index is 11.9. The first-order chi connectivity index (χ1) is 8.72. The predicted octanol–water partition coefficient (Wildman–Crippen LogP) is 2.41. The first-order valence-corrected chi connectivity index (χ1v) is 7.67. The molecule has 1 amide bonds. The summed E-state index contributed by atoms with van der Waals surface area (Å²) >= 11 is 1.84. The molecule has 0 fully saturated rings. The Labute approximate surface area is 113 Å². The Morgan fingerprint density at radius 3 is 3.00 bits per heavy atom. The molecule has 2 heterocycles. The van der Waals surface area contributed by atoms with Crippen LogP contribution in [0.3, 0.4) is 0 Å². The van der Waals surface area contributed by atoms with Gasteiger partial charge in [-0.15, -0.1) is 11.3 Å². The third kappa shape index (κ3) is 3.33. The molecule has 1 aromatic rings. The molecular weight excluding hydrogens is 244 g/mol. The molecule has 0 saturated heterocycles. The summed E-state index contributed by atoms with van der Waals surface area (Å²) < 4.78 is 0. The Bertz CT molecular complexity index is 398. The highest BCUT2D eigenvalue weighted by Gasteiger charge is 2.19. The van der Waals surface area contributed by atoms with Gasteiger partial charge >= 0.3 is 0 Å². The molecule has 18 heavy (non-hydrogen) atoms. The van der Waals surface area contributed by atoms with Crippen molar-refractivity contribution in [2.75, 3.05) is 13.1 Å². The molecule has 3 nitrogen and oxygen atoms in total. The average Bonchev–Trinajstić information content (AvgIpc) is 2.83. The van der Waals surface area contributed by atoms with Crippen molar-refractivity contribution in [2.24, 2.45) is 0 Å². The number of thiophene rings is 1. The molecule has 1 aromatic heterocycles. The van der Waals surface area contributed by atoms with Crippen LogP contribution < -0.4 is 5.32 Å². The average molecular weight is 266 g/mol. The Hall–Kier alpha value is -0.870. The zero-order valence-electron chi connectivity index (χ0n) is 11.2. The first-order valence-electron chi connectivity index (χ1n) is 6.79. The van der Waals surface area contributed by atoms with E-state index in [2.05, 4.69) is 35.5 Å². The molecule has 100 valence electrons. The zero-order chi connectivity index (χ0) is 13.0. The molecule has 0 radical (unpaired) electrons. The van der Waals surface area contributed by atoms with Crippen LogP contribution in [0.5, 0.6) is 0 Å². The number of nitrogens with one attached hydrogen (secondary N) is 1. The largest absolute Gasteiger partial charge is 0.352 e. The predicted molar refractivity (Wildman–Crippen MR) is 75.8 cm³/mol. The number of fused-ring (bicyclic) bond motifs is 1. The molecule has 0 aromatic carbocycles. The SMILES string of the molecule is CCC(CC)NC(=O)CN1CCc2sccc2C1. The van der Waals surface area contributed by atoms with Gasteiger partial charge in [0, 0.05) is 24.0 Å². The second-order valence-corrected chi connectivity index (χ2v) is 5.91. The quantitative estimate of drug-likeness (QED) is 0.887. The molecule has 4 heteroatoms. The number of hydrogen-bond acceptors (Lipinski definition) is 3. The lowest BCUT2D eigenvalue weighted by Crippen LogP contribution is -2.43. The van der Waals surface area contributed by atoms with Crippen LogP contribution in [-0.2, 0) is 17.8 Å². The summed E-state index contributed by atoms with van der Waals surface area (Å²) in [5.74, 6) is 0.169. The van der Waals surface area contributed by atoms with Gasteiger partial charge in [0.05, 0.1) is 6.54 Å². The Morgan fingerprint density at radius 2 is 2.28 bits per heavy atom. The fourth-order valence-corrected chi connectivity index (χ4v) is 3.30. The summed E-state index contributed by atoms with van der Waals surface area (Å²) in [6, 6.07) is 2.52. The van der Waals surface area contributed by atoms with Crippen molar-refractivity contribution in [2.45, 2.75) is 45.7 Å². The number of carbonyl (C=O) groups is 1. The zero-order valence-corrected chi connectivity index (χ0v) is 12.1. The topological polar surface area (TPSA) is 32.3 Å². The van der Waals surface area contributed by atoms with E-state index < -0.39 is 0 Å². The highest BCUT2D eigenvalue weighted by molar-refractivity contribution is 7.10. The van der Waals surface area contributed by atoms with Crippen LogP contribution in [0.25, 0.3) is 0 Å². The molecule has 0 atom stereocenters. The first kappa shape index (κ1) is 13.6. The molecule has 0 saturated carbocycles. The van der Waals surface area contributed by atoms with E-state index in [1.807, 2.05) is 11.3 Å². The van der Waals surface area contributed by atoms with Crippen molar-refractivity contribution in [3.63, 3.8) is 0 Å². The highest BCUT2D eigenvalue weighted by atomic mass is 32.1. The maximum atomic E-state index is 11.9. The Kier molecular flexibility index (Phi) is 4.78. The molecule has 0 aliphatic carbocycles. The number of nitrogens with zero attached hydrogens (tertiary/aromatic N) is 1. The summed E-state index contributed by atoms with van der Waals surface area (Å²) in [4.78, 5) is 15.7. The lowest BCUT2D eigenvalue weighted by Gasteiger charge is -2.27. The van der Waals surface area contributed by atoms with E-state index in [-0.39, 0.29) is 5.91 Å². The molecule has 1 aliphatic rings. The summed E-state index contributed by atoms with van der Waals surface area (Å²) in [5.41, 5.74) is 1.40. The molecule has 0 spiro atoms. The van der Waals surface area contributed by atoms with Gasteiger partial charge in [-0.05, 0) is 36.3 Å². The van der Waals surface area contributed by atoms with Gasteiger partial charge in [0.25, 0.3) is 0 Å². The molecular formula is C14H22N2OS. The van der Waals surface area contributed by atoms with E-state index in [9.17, 15) is 4.79 Å². The van der Waals surface area contributed by atoms with Crippen molar-refractivity contribution >= 4 is 17.2 Å². The number of rotatable bonds is 5. The van der Waals surface area contributed by atoms with Crippen LogP contribution >= 0.6 is 11.3 Å². The standard InChI is InChI=1S/C14H22N2OS/c1-3-12(4-2)15-14(17)10-16-7-5-13-11(9-16)6-8-18-13/h6,8,12H,3-5,7,9-10H2,1-2H3,(H,15,17). The number of carbonyl (C=O) groups excluding carboxylic acids is 1. The minimum atomic E-state index is 0.169. The third-order valence-corrected chi connectivity index (χ3v) is 4.63. The van der Waals surface area contributed by atoms with E-state index in [1.54, 1.807) is 0 Å². The van der Waals surface area contributed by atoms with Crippen LogP contribution in [-0.4, -0.2) is 29.9 Å². The van der Waals surface area contributed by atoms with Gasteiger partial charge in [0.15, 0.2) is 0 Å². The molecule has 2 rings (SSSR count). The monoisotopic (exact) mass is 266 g/mol. The molecule has 0 bridgehead atoms. The van der Waals surface area contributed by atoms with Crippen molar-refractivity contribution in [1.29, 1.82) is 0 Å². The minimum absolute atomic E-state index is 0.169. The van der Waals surface area contributed by atoms with Crippen LogP contribution in [0.4, 0.5) is 0 Å². The summed E-state index contributed by atoms with van der Waals surface area (Å²) in [7, 11) is 0. The summed E-state index contributed by atoms with van der Waals surface area (Å²) in [6.45, 7) is 6.70. The van der Waals surface area contributed by atoms with Gasteiger partial charge < -0.3 is 5.32 Å². The van der Waals surface area contributed by atoms with Crippen molar-refractivity contribution in [3.05, 3.63) is 21.9 Å². The molecule has 1 N–H and O–H groups in total. The van der Waals surface area contributed by atoms with Gasteiger partial charge in [0.2, 0.25) is 5.91 Å². The third-order valence-electron chi connectivity index (χ3n) is 3.60. The fourth-order valence-electron chi connectivity index (χ4n) is 2.41. The summed E-state index contributed by atoms with van der Waals surface area (Å²) in [5, 5.41) is 5.25. The Morgan fingerprint density at radius 1 is 1.50 bits per heavy atom. The molecule has 0 unspecified atom stereocenters. The number of amides is 1. The van der Waals surface area contributed by atoms with Crippen molar-refractivity contribution in [3.8, 4) is 0 Å². The second kappa shape index (κ2) is 6.34. The van der Waals surface area contributed by atoms with E-state index in [0.717, 1.165) is 32.4 Å². The van der Waals surface area contributed by atoms with Gasteiger partial charge in [0.1, 0.15) is 0 Å². The van der Waals surface area contributed by atoms with Crippen LogP contribution in [0.1, 0.15) is 37.1 Å². The van der Waals surface area contributed by atoms with Gasteiger partial charge in [-0.2, -0.15) is 0 Å². The second-order valence-electron chi connectivity index (χ2n) is 4.91. The van der Waals surface area contributed by atoms with Gasteiger partial charge in [-0.1, -0.05) is 13.8 Å². The minimum Gasteiger partial charge on any atom is -0.352 e. The normalized spacial score (nSPS) is 15.7. The van der Waals surface area contributed by atoms with Crippen LogP contribution in [0.2, 0.25) is 0 Å². The lowest BCUT2D eigenvalue weighted by molar-refractivity contribution is -0.123. The highest BCUT2D eigenvalue weighted by Crippen LogP contribution is 2.23. The number of hydrogen-bond donors (Lipinski definition) is 1. The fraction of sp³-hybridized carbons (Fsp3) is 0.643. The van der Waals surface area contributed by atoms with Gasteiger partial charge in [-0.25, -0.2) is 0 Å². The summed E-state index contributed by atoms with van der Waals surface area (Å²) in [6.07, 6.45) is 3.11. The van der Waals surface area contributed by atoms with Gasteiger partial charge in [-0.3, -0.25) is 9.69 Å². The molecule has 1 aliphatic heterocycles. The Balaban J connectivity index is 1.82. The van der Waals surface area contributed by atoms with Crippen molar-refractivity contribution in [1.82, 2.24) is 10.2 Å². The van der Waals surface area contributed by atoms with Crippen molar-refractivity contribution < 1.29 is 4.79 Å².